The van der Waals surface area contributed by atoms with Gasteiger partial charge in [-0.05, 0) is 26.0 Å². The van der Waals surface area contributed by atoms with Gasteiger partial charge in [0.1, 0.15) is 0 Å². The molecule has 0 aliphatic carbocycles. The lowest BCUT2D eigenvalue weighted by Gasteiger charge is -2.25. The number of nitrogens with one attached hydrogen (secondary N) is 1. The highest BCUT2D eigenvalue weighted by Crippen LogP contribution is 2.32. The number of rotatable bonds is 5. The second-order valence-electron chi connectivity index (χ2n) is 4.90. The molecule has 0 saturated heterocycles. The molecule has 1 aromatic rings. The van der Waals surface area contributed by atoms with Crippen LogP contribution in [0.5, 0.6) is 0 Å². The third kappa shape index (κ3) is 3.99. The first-order chi connectivity index (χ1) is 10.8. The largest absolute Gasteiger partial charge is 0.461 e. The number of alkyl halides is 5. The van der Waals surface area contributed by atoms with Crippen molar-refractivity contribution >= 4 is 17.6 Å². The van der Waals surface area contributed by atoms with Crippen molar-refractivity contribution in [1.29, 1.82) is 0 Å². The van der Waals surface area contributed by atoms with Gasteiger partial charge < -0.3 is 15.2 Å². The molecule has 1 aromatic carbocycles. The molecule has 0 saturated carbocycles. The fraction of sp³-hybridized carbons (Fsp3) is 0.429. The molecule has 0 bridgehead atoms. The molecule has 1 rings (SSSR count). The number of amides is 1. The van der Waals surface area contributed by atoms with Gasteiger partial charge in [0.15, 0.2) is 0 Å². The molecule has 2 N–H and O–H groups in total. The summed E-state index contributed by atoms with van der Waals surface area (Å²) in [6.07, 6.45) is -5.21. The molecule has 1 amide bonds. The second kappa shape index (κ2) is 6.71. The van der Waals surface area contributed by atoms with Crippen LogP contribution in [0.4, 0.5) is 27.6 Å². The summed E-state index contributed by atoms with van der Waals surface area (Å²) in [5.74, 6) is -7.50. The zero-order valence-corrected chi connectivity index (χ0v) is 12.6. The van der Waals surface area contributed by atoms with Crippen molar-refractivity contribution in [3.05, 3.63) is 29.8 Å². The van der Waals surface area contributed by atoms with Gasteiger partial charge in [0.05, 0.1) is 6.61 Å². The van der Waals surface area contributed by atoms with Crippen molar-refractivity contribution in [2.45, 2.75) is 31.5 Å². The van der Waals surface area contributed by atoms with Crippen molar-refractivity contribution in [2.24, 2.45) is 0 Å². The average molecular weight is 355 g/mol. The number of aliphatic hydroxyl groups is 1. The van der Waals surface area contributed by atoms with Crippen molar-refractivity contribution in [3.8, 4) is 0 Å². The molecule has 134 valence electrons. The number of esters is 1. The summed E-state index contributed by atoms with van der Waals surface area (Å²) >= 11 is 0. The van der Waals surface area contributed by atoms with E-state index in [1.807, 2.05) is 0 Å². The van der Waals surface area contributed by atoms with Gasteiger partial charge in [-0.25, -0.2) is 4.79 Å². The predicted octanol–water partition coefficient (Wildman–Crippen LogP) is 2.59. The Hall–Kier alpha value is -2.23. The van der Waals surface area contributed by atoms with Crippen LogP contribution in [0.3, 0.4) is 0 Å². The summed E-state index contributed by atoms with van der Waals surface area (Å²) in [6, 6.07) is 3.23. The highest BCUT2D eigenvalue weighted by molar-refractivity contribution is 5.97. The standard InChI is InChI=1S/C14H14F5NO4/c1-3-24-11(22)13(15,16)8-4-6-9(7-5-8)20-10(21)12(2,23)14(17,18)19/h4-7,23H,3H2,1-2H3,(H,20,21). The zero-order valence-electron chi connectivity index (χ0n) is 12.6. The Kier molecular flexibility index (Phi) is 5.54. The molecule has 10 heteroatoms. The van der Waals surface area contributed by atoms with Gasteiger partial charge in [0.25, 0.3) is 5.91 Å². The van der Waals surface area contributed by atoms with Crippen LogP contribution in [0.25, 0.3) is 0 Å². The first-order valence-electron chi connectivity index (χ1n) is 6.60. The second-order valence-corrected chi connectivity index (χ2v) is 4.90. The number of benzene rings is 1. The quantitative estimate of drug-likeness (QED) is 0.629. The predicted molar refractivity (Wildman–Crippen MR) is 72.3 cm³/mol. The molecule has 0 heterocycles. The highest BCUT2D eigenvalue weighted by atomic mass is 19.4. The maximum absolute atomic E-state index is 13.7. The number of hydrogen-bond acceptors (Lipinski definition) is 4. The van der Waals surface area contributed by atoms with E-state index in [-0.39, 0.29) is 19.2 Å². The summed E-state index contributed by atoms with van der Waals surface area (Å²) in [7, 11) is 0. The van der Waals surface area contributed by atoms with Crippen LogP contribution in [0.15, 0.2) is 24.3 Å². The average Bonchev–Trinajstić information content (AvgIpc) is 2.46. The molecular formula is C14H14F5NO4. The maximum Gasteiger partial charge on any atom is 0.426 e. The number of halogens is 5. The maximum atomic E-state index is 13.7. The van der Waals surface area contributed by atoms with Gasteiger partial charge >= 0.3 is 18.1 Å². The smallest absolute Gasteiger partial charge is 0.426 e. The highest BCUT2D eigenvalue weighted by Gasteiger charge is 2.55. The minimum absolute atomic E-state index is 0.255. The molecule has 5 nitrogen and oxygen atoms in total. The van der Waals surface area contributed by atoms with E-state index in [0.29, 0.717) is 0 Å². The SMILES string of the molecule is CCOC(=O)C(F)(F)c1ccc(NC(=O)C(C)(O)C(F)(F)F)cc1. The molecule has 0 radical (unpaired) electrons. The fourth-order valence-electron chi connectivity index (χ4n) is 1.48. The summed E-state index contributed by atoms with van der Waals surface area (Å²) in [5.41, 5.74) is -4.69. The van der Waals surface area contributed by atoms with Crippen LogP contribution in [-0.2, 0) is 20.2 Å². The van der Waals surface area contributed by atoms with E-state index in [2.05, 4.69) is 4.74 Å². The molecule has 0 aliphatic rings. The number of anilines is 1. The lowest BCUT2D eigenvalue weighted by molar-refractivity contribution is -0.242. The Morgan fingerprint density at radius 1 is 1.12 bits per heavy atom. The van der Waals surface area contributed by atoms with E-state index in [0.717, 1.165) is 24.3 Å². The minimum atomic E-state index is -5.21. The summed E-state index contributed by atoms with van der Waals surface area (Å²) < 4.78 is 69.2. The Morgan fingerprint density at radius 2 is 1.62 bits per heavy atom. The molecule has 24 heavy (non-hydrogen) atoms. The van der Waals surface area contributed by atoms with Crippen molar-refractivity contribution in [2.75, 3.05) is 11.9 Å². The van der Waals surface area contributed by atoms with Crippen LogP contribution in [-0.4, -0.2) is 35.4 Å². The number of ether oxygens (including phenoxy) is 1. The molecule has 0 fully saturated rings. The van der Waals surface area contributed by atoms with Crippen LogP contribution in [0.2, 0.25) is 0 Å². The van der Waals surface area contributed by atoms with Crippen LogP contribution >= 0.6 is 0 Å². The van der Waals surface area contributed by atoms with Crippen molar-refractivity contribution in [1.82, 2.24) is 0 Å². The van der Waals surface area contributed by atoms with Gasteiger partial charge in [-0.15, -0.1) is 0 Å². The lowest BCUT2D eigenvalue weighted by Crippen LogP contribution is -2.52. The van der Waals surface area contributed by atoms with Crippen LogP contribution < -0.4 is 5.32 Å². The first-order valence-corrected chi connectivity index (χ1v) is 6.60. The Morgan fingerprint density at radius 3 is 2.04 bits per heavy atom. The Balaban J connectivity index is 2.93. The third-order valence-electron chi connectivity index (χ3n) is 3.03. The molecule has 0 spiro atoms. The molecule has 1 atom stereocenters. The molecular weight excluding hydrogens is 341 g/mol. The summed E-state index contributed by atoms with van der Waals surface area (Å²) in [6.45, 7) is 1.35. The monoisotopic (exact) mass is 355 g/mol. The number of hydrogen-bond donors (Lipinski definition) is 2. The van der Waals surface area contributed by atoms with E-state index in [4.69, 9.17) is 0 Å². The third-order valence-corrected chi connectivity index (χ3v) is 3.03. The fourth-order valence-corrected chi connectivity index (χ4v) is 1.48. The van der Waals surface area contributed by atoms with Crippen molar-refractivity contribution < 1.29 is 41.4 Å². The number of carbonyl (C=O) groups excluding carboxylic acids is 2. The van der Waals surface area contributed by atoms with E-state index in [1.165, 1.54) is 6.92 Å². The number of carbonyl (C=O) groups is 2. The van der Waals surface area contributed by atoms with E-state index in [1.54, 1.807) is 5.32 Å². The van der Waals surface area contributed by atoms with Gasteiger partial charge in [-0.2, -0.15) is 22.0 Å². The van der Waals surface area contributed by atoms with Gasteiger partial charge in [0.2, 0.25) is 5.60 Å². The van der Waals surface area contributed by atoms with Gasteiger partial charge in [-0.1, -0.05) is 12.1 Å². The van der Waals surface area contributed by atoms with E-state index >= 15 is 0 Å². The minimum Gasteiger partial charge on any atom is -0.461 e. The van der Waals surface area contributed by atoms with Crippen LogP contribution in [0.1, 0.15) is 19.4 Å². The van der Waals surface area contributed by atoms with Gasteiger partial charge in [0, 0.05) is 11.3 Å². The molecule has 0 aliphatic heterocycles. The Bertz CT molecular complexity index is 611. The normalized spacial score (nSPS) is 14.7. The topological polar surface area (TPSA) is 75.6 Å². The Labute approximate surface area is 133 Å². The van der Waals surface area contributed by atoms with Crippen LogP contribution in [0, 0.1) is 0 Å². The van der Waals surface area contributed by atoms with Crippen molar-refractivity contribution in [3.63, 3.8) is 0 Å². The summed E-state index contributed by atoms with van der Waals surface area (Å²) in [4.78, 5) is 22.6. The van der Waals surface area contributed by atoms with E-state index in [9.17, 15) is 36.6 Å². The van der Waals surface area contributed by atoms with Gasteiger partial charge in [-0.3, -0.25) is 4.79 Å². The van der Waals surface area contributed by atoms with E-state index < -0.39 is 35.1 Å². The first kappa shape index (κ1) is 19.8. The molecule has 0 aromatic heterocycles. The lowest BCUT2D eigenvalue weighted by atomic mass is 10.0. The summed E-state index contributed by atoms with van der Waals surface area (Å²) in [5, 5.41) is 10.9. The zero-order chi connectivity index (χ0) is 18.8. The molecule has 1 unspecified atom stereocenters.